The molecule has 0 unspecified atom stereocenters. The Bertz CT molecular complexity index is 880. The molecule has 0 N–H and O–H groups in total. The zero-order chi connectivity index (χ0) is 17.4. The first-order chi connectivity index (χ1) is 12.1. The molecule has 7 heteroatoms. The first-order valence-corrected chi connectivity index (χ1v) is 8.30. The highest BCUT2D eigenvalue weighted by Crippen LogP contribution is 2.34. The van der Waals surface area contributed by atoms with Crippen molar-refractivity contribution in [1.29, 1.82) is 0 Å². The van der Waals surface area contributed by atoms with Gasteiger partial charge in [-0.3, -0.25) is 0 Å². The molecule has 0 saturated carbocycles. The maximum absolute atomic E-state index is 13.2. The summed E-state index contributed by atoms with van der Waals surface area (Å²) in [5.41, 5.74) is 2.27. The molecule has 0 aliphatic carbocycles. The summed E-state index contributed by atoms with van der Waals surface area (Å²) in [4.78, 5) is 10.7. The van der Waals surface area contributed by atoms with E-state index < -0.39 is 0 Å². The van der Waals surface area contributed by atoms with Gasteiger partial charge in [0, 0.05) is 19.7 Å². The van der Waals surface area contributed by atoms with Gasteiger partial charge in [-0.05, 0) is 37.5 Å². The maximum Gasteiger partial charge on any atom is 0.263 e. The molecule has 4 rings (SSSR count). The Morgan fingerprint density at radius 2 is 2.00 bits per heavy atom. The van der Waals surface area contributed by atoms with E-state index in [0.29, 0.717) is 12.3 Å². The fraction of sp³-hybridized carbons (Fsp3) is 0.389. The molecule has 0 bridgehead atoms. The highest BCUT2D eigenvalue weighted by molar-refractivity contribution is 5.87. The van der Waals surface area contributed by atoms with Crippen LogP contribution in [0.1, 0.15) is 30.2 Å². The van der Waals surface area contributed by atoms with E-state index in [1.54, 1.807) is 12.1 Å². The monoisotopic (exact) mass is 342 g/mol. The van der Waals surface area contributed by atoms with E-state index >= 15 is 0 Å². The molecular weight excluding hydrogens is 323 g/mol. The minimum absolute atomic E-state index is 0.0531. The van der Waals surface area contributed by atoms with Crippen LogP contribution in [0.3, 0.4) is 0 Å². The zero-order valence-electron chi connectivity index (χ0n) is 14.1. The highest BCUT2D eigenvalue weighted by Gasteiger charge is 2.29. The predicted molar refractivity (Wildman–Crippen MR) is 90.9 cm³/mol. The minimum Gasteiger partial charge on any atom is -0.373 e. The Kier molecular flexibility index (Phi) is 4.09. The summed E-state index contributed by atoms with van der Waals surface area (Å²) >= 11 is 0. The van der Waals surface area contributed by atoms with Crippen LogP contribution in [-0.2, 0) is 4.74 Å². The van der Waals surface area contributed by atoms with Crippen molar-refractivity contribution in [1.82, 2.24) is 15.1 Å². The number of anilines is 1. The van der Waals surface area contributed by atoms with Crippen molar-refractivity contribution in [2.24, 2.45) is 0 Å². The van der Waals surface area contributed by atoms with Crippen LogP contribution in [0.25, 0.3) is 11.1 Å². The van der Waals surface area contributed by atoms with Crippen LogP contribution in [0, 0.1) is 12.7 Å². The van der Waals surface area contributed by atoms with E-state index in [2.05, 4.69) is 20.0 Å². The smallest absolute Gasteiger partial charge is 0.263 e. The Labute approximate surface area is 144 Å². The maximum atomic E-state index is 13.2. The molecule has 25 heavy (non-hydrogen) atoms. The molecule has 0 radical (unpaired) electrons. The Balaban J connectivity index is 1.60. The van der Waals surface area contributed by atoms with Crippen LogP contribution in [0.15, 0.2) is 35.1 Å². The van der Waals surface area contributed by atoms with Crippen molar-refractivity contribution in [2.45, 2.75) is 31.9 Å². The van der Waals surface area contributed by atoms with E-state index in [9.17, 15) is 4.39 Å². The normalized spacial score (nSPS) is 20.8. The van der Waals surface area contributed by atoms with Gasteiger partial charge in [-0.2, -0.15) is 4.98 Å². The lowest BCUT2D eigenvalue weighted by Gasteiger charge is -2.36. The second-order valence-electron chi connectivity index (χ2n) is 6.35. The molecule has 130 valence electrons. The lowest BCUT2D eigenvalue weighted by molar-refractivity contribution is 0.00583. The quantitative estimate of drug-likeness (QED) is 0.727. The van der Waals surface area contributed by atoms with Crippen molar-refractivity contribution in [2.75, 3.05) is 18.6 Å². The first-order valence-electron chi connectivity index (χ1n) is 8.30. The molecule has 1 saturated heterocycles. The molecule has 1 aliphatic rings. The zero-order valence-corrected chi connectivity index (χ0v) is 14.1. The van der Waals surface area contributed by atoms with E-state index in [0.717, 1.165) is 35.3 Å². The average Bonchev–Trinajstić information content (AvgIpc) is 3.03. The number of aromatic nitrogens is 3. The van der Waals surface area contributed by atoms with Crippen LogP contribution >= 0.6 is 0 Å². The predicted octanol–water partition coefficient (Wildman–Crippen LogP) is 3.42. The highest BCUT2D eigenvalue weighted by atomic mass is 19.1. The summed E-state index contributed by atoms with van der Waals surface area (Å²) in [5.74, 6) is 0.577. The Morgan fingerprint density at radius 3 is 2.80 bits per heavy atom. The van der Waals surface area contributed by atoms with Gasteiger partial charge in [-0.1, -0.05) is 17.3 Å². The van der Waals surface area contributed by atoms with Gasteiger partial charge in [0.25, 0.3) is 5.71 Å². The summed E-state index contributed by atoms with van der Waals surface area (Å²) in [6.07, 6.45) is 3.14. The number of nitrogens with zero attached hydrogens (tertiary/aromatic N) is 4. The molecule has 6 nitrogen and oxygen atoms in total. The number of hydrogen-bond donors (Lipinski definition) is 0. The number of aryl methyl sites for hydroxylation is 1. The van der Waals surface area contributed by atoms with Crippen molar-refractivity contribution < 1.29 is 13.7 Å². The molecule has 1 aliphatic heterocycles. The molecule has 1 aromatic carbocycles. The third kappa shape index (κ3) is 2.95. The summed E-state index contributed by atoms with van der Waals surface area (Å²) in [7, 11) is 2.02. The van der Waals surface area contributed by atoms with Gasteiger partial charge in [0.15, 0.2) is 0 Å². The van der Waals surface area contributed by atoms with Crippen LogP contribution in [-0.4, -0.2) is 34.8 Å². The summed E-state index contributed by atoms with van der Waals surface area (Å²) in [5, 5.41) is 4.83. The van der Waals surface area contributed by atoms with Gasteiger partial charge in [0.2, 0.25) is 0 Å². The number of benzene rings is 1. The lowest BCUT2D eigenvalue weighted by Crippen LogP contribution is -2.38. The van der Waals surface area contributed by atoms with Crippen LogP contribution < -0.4 is 4.90 Å². The lowest BCUT2D eigenvalue weighted by atomic mass is 9.96. The minimum atomic E-state index is -0.237. The van der Waals surface area contributed by atoms with Crippen LogP contribution in [0.5, 0.6) is 0 Å². The molecule has 3 aromatic rings. The topological polar surface area (TPSA) is 64.3 Å². The van der Waals surface area contributed by atoms with Crippen molar-refractivity contribution in [3.05, 3.63) is 47.7 Å². The van der Waals surface area contributed by atoms with E-state index in [4.69, 9.17) is 9.26 Å². The second-order valence-corrected chi connectivity index (χ2v) is 6.35. The van der Waals surface area contributed by atoms with Crippen molar-refractivity contribution in [3.63, 3.8) is 0 Å². The van der Waals surface area contributed by atoms with E-state index in [1.807, 2.05) is 14.0 Å². The standard InChI is InChI=1S/C18H19FN4O2/c1-11-16-17(20-10-21-18(16)25-22-11)23(2)14-7-8-24-15(9-14)12-3-5-13(19)6-4-12/h3-6,10,14-15H,7-9H2,1-2H3/t14-,15+/m1/s1. The molecule has 0 amide bonds. The fourth-order valence-electron chi connectivity index (χ4n) is 3.39. The summed E-state index contributed by atoms with van der Waals surface area (Å²) in [6.45, 7) is 2.53. The van der Waals surface area contributed by atoms with E-state index in [1.165, 1.54) is 18.5 Å². The number of fused-ring (bicyclic) bond motifs is 1. The third-order valence-corrected chi connectivity index (χ3v) is 4.80. The van der Waals surface area contributed by atoms with E-state index in [-0.39, 0.29) is 18.0 Å². The first kappa shape index (κ1) is 16.0. The third-order valence-electron chi connectivity index (χ3n) is 4.80. The summed E-state index contributed by atoms with van der Waals surface area (Å²) < 4.78 is 24.3. The second kappa shape index (κ2) is 6.40. The van der Waals surface area contributed by atoms with Gasteiger partial charge in [0.05, 0.1) is 11.8 Å². The fourth-order valence-corrected chi connectivity index (χ4v) is 3.39. The number of ether oxygens (including phenoxy) is 1. The summed E-state index contributed by atoms with van der Waals surface area (Å²) in [6, 6.07) is 6.77. The average molecular weight is 342 g/mol. The number of hydrogen-bond acceptors (Lipinski definition) is 6. The van der Waals surface area contributed by atoms with Gasteiger partial charge < -0.3 is 14.2 Å². The van der Waals surface area contributed by atoms with Crippen molar-refractivity contribution >= 4 is 16.9 Å². The molecule has 3 heterocycles. The largest absolute Gasteiger partial charge is 0.373 e. The Hall–Kier alpha value is -2.54. The molecule has 1 fully saturated rings. The number of rotatable bonds is 3. The number of halogens is 1. The van der Waals surface area contributed by atoms with Gasteiger partial charge in [-0.25, -0.2) is 9.37 Å². The van der Waals surface area contributed by atoms with Crippen LogP contribution in [0.4, 0.5) is 10.2 Å². The van der Waals surface area contributed by atoms with Crippen molar-refractivity contribution in [3.8, 4) is 0 Å². The van der Waals surface area contributed by atoms with Gasteiger partial charge in [-0.15, -0.1) is 0 Å². The molecule has 2 aromatic heterocycles. The Morgan fingerprint density at radius 1 is 1.20 bits per heavy atom. The molecule has 0 spiro atoms. The van der Waals surface area contributed by atoms with Gasteiger partial charge in [0.1, 0.15) is 23.3 Å². The van der Waals surface area contributed by atoms with Gasteiger partial charge >= 0.3 is 0 Å². The SMILES string of the molecule is Cc1noc2ncnc(N(C)[C@@H]3CCO[C@H](c4ccc(F)cc4)C3)c12. The van der Waals surface area contributed by atoms with Crippen LogP contribution in [0.2, 0.25) is 0 Å². The molecule has 2 atom stereocenters. The molecular formula is C18H19FN4O2.